The van der Waals surface area contributed by atoms with Crippen molar-refractivity contribution in [3.63, 3.8) is 0 Å². The standard InChI is InChI=1S/C13H19BrN2O/c1-9-6-16(8-12(9)15)7-10-3-4-13(17-2)11(14)5-10/h3-5,9,12H,6-8,15H2,1-2H3. The number of rotatable bonds is 3. The van der Waals surface area contributed by atoms with E-state index in [0.29, 0.717) is 12.0 Å². The van der Waals surface area contributed by atoms with Gasteiger partial charge in [-0.2, -0.15) is 0 Å². The minimum absolute atomic E-state index is 0.316. The van der Waals surface area contributed by atoms with Gasteiger partial charge in [0.15, 0.2) is 0 Å². The van der Waals surface area contributed by atoms with E-state index in [9.17, 15) is 0 Å². The van der Waals surface area contributed by atoms with E-state index in [1.165, 1.54) is 5.56 Å². The average molecular weight is 299 g/mol. The quantitative estimate of drug-likeness (QED) is 0.930. The fraction of sp³-hybridized carbons (Fsp3) is 0.538. The Hall–Kier alpha value is -0.580. The molecule has 1 aliphatic rings. The van der Waals surface area contributed by atoms with Crippen LogP contribution in [0.2, 0.25) is 0 Å². The molecular weight excluding hydrogens is 280 g/mol. The summed E-state index contributed by atoms with van der Waals surface area (Å²) >= 11 is 3.51. The molecule has 2 unspecified atom stereocenters. The van der Waals surface area contributed by atoms with E-state index in [0.717, 1.165) is 29.9 Å². The summed E-state index contributed by atoms with van der Waals surface area (Å²) in [5, 5.41) is 0. The lowest BCUT2D eigenvalue weighted by Crippen LogP contribution is -2.28. The molecule has 4 heteroatoms. The second kappa shape index (κ2) is 5.38. The maximum atomic E-state index is 6.03. The summed E-state index contributed by atoms with van der Waals surface area (Å²) in [6.45, 7) is 5.25. The Bertz CT molecular complexity index is 387. The van der Waals surface area contributed by atoms with Crippen molar-refractivity contribution in [3.8, 4) is 5.75 Å². The SMILES string of the molecule is COc1ccc(CN2CC(C)C(N)C2)cc1Br. The van der Waals surface area contributed by atoms with Crippen LogP contribution in [0.4, 0.5) is 0 Å². The number of nitrogens with zero attached hydrogens (tertiary/aromatic N) is 1. The van der Waals surface area contributed by atoms with Gasteiger partial charge in [-0.15, -0.1) is 0 Å². The Labute approximate surface area is 111 Å². The van der Waals surface area contributed by atoms with Gasteiger partial charge in [-0.1, -0.05) is 13.0 Å². The van der Waals surface area contributed by atoms with Crippen LogP contribution in [0.1, 0.15) is 12.5 Å². The van der Waals surface area contributed by atoms with Crippen LogP contribution in [-0.4, -0.2) is 31.1 Å². The van der Waals surface area contributed by atoms with Gasteiger partial charge in [0.1, 0.15) is 5.75 Å². The second-order valence-corrected chi connectivity index (χ2v) is 5.66. The summed E-state index contributed by atoms with van der Waals surface area (Å²) < 4.78 is 6.23. The Balaban J connectivity index is 2.02. The summed E-state index contributed by atoms with van der Waals surface area (Å²) in [4.78, 5) is 2.41. The first-order valence-corrected chi connectivity index (χ1v) is 6.70. The number of halogens is 1. The predicted octanol–water partition coefficient (Wildman–Crippen LogP) is 2.24. The number of benzene rings is 1. The van der Waals surface area contributed by atoms with Crippen molar-refractivity contribution in [2.45, 2.75) is 19.5 Å². The highest BCUT2D eigenvalue weighted by Crippen LogP contribution is 2.27. The highest BCUT2D eigenvalue weighted by molar-refractivity contribution is 9.10. The smallest absolute Gasteiger partial charge is 0.133 e. The van der Waals surface area contributed by atoms with Gasteiger partial charge in [0.2, 0.25) is 0 Å². The van der Waals surface area contributed by atoms with E-state index in [1.807, 2.05) is 6.07 Å². The second-order valence-electron chi connectivity index (χ2n) is 4.80. The maximum Gasteiger partial charge on any atom is 0.133 e. The molecule has 0 radical (unpaired) electrons. The third-order valence-electron chi connectivity index (χ3n) is 3.37. The molecule has 2 rings (SSSR count). The molecule has 0 bridgehead atoms. The number of hydrogen-bond donors (Lipinski definition) is 1. The Morgan fingerprint density at radius 1 is 1.47 bits per heavy atom. The molecule has 0 amide bonds. The van der Waals surface area contributed by atoms with Crippen LogP contribution in [0.5, 0.6) is 5.75 Å². The van der Waals surface area contributed by atoms with Crippen molar-refractivity contribution < 1.29 is 4.74 Å². The largest absolute Gasteiger partial charge is 0.496 e. The molecule has 1 saturated heterocycles. The Kier molecular flexibility index (Phi) is 4.07. The van der Waals surface area contributed by atoms with Gasteiger partial charge in [0.25, 0.3) is 0 Å². The molecule has 94 valence electrons. The number of nitrogens with two attached hydrogens (primary N) is 1. The monoisotopic (exact) mass is 298 g/mol. The van der Waals surface area contributed by atoms with Crippen LogP contribution < -0.4 is 10.5 Å². The predicted molar refractivity (Wildman–Crippen MR) is 73.1 cm³/mol. The normalized spacial score (nSPS) is 25.2. The summed E-state index contributed by atoms with van der Waals surface area (Å²) in [5.41, 5.74) is 7.32. The molecule has 0 spiro atoms. The zero-order chi connectivity index (χ0) is 12.4. The minimum atomic E-state index is 0.316. The van der Waals surface area contributed by atoms with Crippen LogP contribution in [0.3, 0.4) is 0 Å². The van der Waals surface area contributed by atoms with Crippen LogP contribution in [-0.2, 0) is 6.54 Å². The Morgan fingerprint density at radius 3 is 2.76 bits per heavy atom. The van der Waals surface area contributed by atoms with Gasteiger partial charge < -0.3 is 10.5 Å². The number of hydrogen-bond acceptors (Lipinski definition) is 3. The number of likely N-dealkylation sites (tertiary alicyclic amines) is 1. The summed E-state index contributed by atoms with van der Waals surface area (Å²) in [6.07, 6.45) is 0. The van der Waals surface area contributed by atoms with Gasteiger partial charge in [0.05, 0.1) is 11.6 Å². The van der Waals surface area contributed by atoms with Crippen molar-refractivity contribution in [1.82, 2.24) is 4.90 Å². The molecule has 1 heterocycles. The molecule has 1 aromatic rings. The van der Waals surface area contributed by atoms with Crippen molar-refractivity contribution in [3.05, 3.63) is 28.2 Å². The first-order chi connectivity index (χ1) is 8.10. The fourth-order valence-corrected chi connectivity index (χ4v) is 2.88. The highest BCUT2D eigenvalue weighted by atomic mass is 79.9. The molecule has 2 atom stereocenters. The zero-order valence-corrected chi connectivity index (χ0v) is 11.9. The third kappa shape index (κ3) is 3.00. The van der Waals surface area contributed by atoms with Gasteiger partial charge in [0, 0.05) is 25.7 Å². The van der Waals surface area contributed by atoms with Crippen LogP contribution in [0.15, 0.2) is 22.7 Å². The topological polar surface area (TPSA) is 38.5 Å². The molecular formula is C13H19BrN2O. The summed E-state index contributed by atoms with van der Waals surface area (Å²) in [7, 11) is 1.68. The van der Waals surface area contributed by atoms with Gasteiger partial charge in [-0.3, -0.25) is 4.90 Å². The van der Waals surface area contributed by atoms with E-state index in [-0.39, 0.29) is 0 Å². The summed E-state index contributed by atoms with van der Waals surface area (Å²) in [6, 6.07) is 6.54. The molecule has 3 nitrogen and oxygen atoms in total. The van der Waals surface area contributed by atoms with E-state index >= 15 is 0 Å². The van der Waals surface area contributed by atoms with E-state index in [4.69, 9.17) is 10.5 Å². The van der Waals surface area contributed by atoms with Gasteiger partial charge >= 0.3 is 0 Å². The van der Waals surface area contributed by atoms with E-state index in [1.54, 1.807) is 7.11 Å². The molecule has 1 aromatic carbocycles. The molecule has 17 heavy (non-hydrogen) atoms. The lowest BCUT2D eigenvalue weighted by Gasteiger charge is -2.16. The molecule has 1 fully saturated rings. The molecule has 0 aromatic heterocycles. The zero-order valence-electron chi connectivity index (χ0n) is 10.3. The lowest BCUT2D eigenvalue weighted by atomic mass is 10.1. The van der Waals surface area contributed by atoms with Gasteiger partial charge in [-0.25, -0.2) is 0 Å². The van der Waals surface area contributed by atoms with Gasteiger partial charge in [-0.05, 0) is 39.5 Å². The Morgan fingerprint density at radius 2 is 2.24 bits per heavy atom. The maximum absolute atomic E-state index is 6.03. The molecule has 0 saturated carbocycles. The van der Waals surface area contributed by atoms with Crippen molar-refractivity contribution in [1.29, 1.82) is 0 Å². The molecule has 0 aliphatic carbocycles. The van der Waals surface area contributed by atoms with Crippen molar-refractivity contribution in [2.24, 2.45) is 11.7 Å². The number of ether oxygens (including phenoxy) is 1. The van der Waals surface area contributed by atoms with Crippen molar-refractivity contribution >= 4 is 15.9 Å². The van der Waals surface area contributed by atoms with E-state index < -0.39 is 0 Å². The first-order valence-electron chi connectivity index (χ1n) is 5.90. The lowest BCUT2D eigenvalue weighted by molar-refractivity contribution is 0.318. The molecule has 2 N–H and O–H groups in total. The first kappa shape index (κ1) is 12.9. The average Bonchev–Trinajstić information content (AvgIpc) is 2.58. The highest BCUT2D eigenvalue weighted by Gasteiger charge is 2.26. The number of methoxy groups -OCH3 is 1. The van der Waals surface area contributed by atoms with E-state index in [2.05, 4.69) is 39.9 Å². The van der Waals surface area contributed by atoms with Crippen LogP contribution in [0.25, 0.3) is 0 Å². The van der Waals surface area contributed by atoms with Crippen molar-refractivity contribution in [2.75, 3.05) is 20.2 Å². The fourth-order valence-electron chi connectivity index (χ4n) is 2.29. The third-order valence-corrected chi connectivity index (χ3v) is 3.99. The van der Waals surface area contributed by atoms with Crippen LogP contribution in [0, 0.1) is 5.92 Å². The van der Waals surface area contributed by atoms with Crippen LogP contribution >= 0.6 is 15.9 Å². The molecule has 1 aliphatic heterocycles. The minimum Gasteiger partial charge on any atom is -0.496 e. The summed E-state index contributed by atoms with van der Waals surface area (Å²) in [5.74, 6) is 1.47.